The molecule has 0 spiro atoms. The Bertz CT molecular complexity index is 368. The lowest BCUT2D eigenvalue weighted by Gasteiger charge is -1.85. The highest BCUT2D eigenvalue weighted by Crippen LogP contribution is 1.99. The predicted octanol–water partition coefficient (Wildman–Crippen LogP) is -1.06. The number of nitrogens with zero attached hydrogens (tertiary/aromatic N) is 6. The Morgan fingerprint density at radius 2 is 1.54 bits per heavy atom. The van der Waals surface area contributed by atoms with E-state index >= 15 is 0 Å². The summed E-state index contributed by atoms with van der Waals surface area (Å²) in [5, 5.41) is 26.0. The number of amidine groups is 2. The van der Waals surface area contributed by atoms with E-state index in [9.17, 15) is 20.2 Å². The topological polar surface area (TPSA) is 147 Å². The van der Waals surface area contributed by atoms with E-state index in [0.717, 1.165) is 0 Å². The fourth-order valence-electron chi connectivity index (χ4n) is 0.625. The number of hydrogen-bond donors (Lipinski definition) is 0. The van der Waals surface area contributed by atoms with Gasteiger partial charge in [-0.05, 0) is 9.85 Å². The van der Waals surface area contributed by atoms with Crippen LogP contribution in [0.5, 0.6) is 0 Å². The first-order valence-electron chi connectivity index (χ1n) is 2.75. The Morgan fingerprint density at radius 3 is 1.77 bits per heavy atom. The van der Waals surface area contributed by atoms with Crippen LogP contribution in [0.1, 0.15) is 0 Å². The summed E-state index contributed by atoms with van der Waals surface area (Å²) >= 11 is 0. The Hall–Kier alpha value is -2.48. The van der Waals surface area contributed by atoms with Gasteiger partial charge in [0.25, 0.3) is 0 Å². The van der Waals surface area contributed by atoms with Crippen molar-refractivity contribution in [2.24, 2.45) is 10.2 Å². The van der Waals surface area contributed by atoms with Gasteiger partial charge in [0.1, 0.15) is 0 Å². The fraction of sp³-hybridized carbons (Fsp3) is 0. The molecule has 0 unspecified atom stereocenters. The minimum atomic E-state index is -1.03. The zero-order valence-corrected chi connectivity index (χ0v) is 5.82. The quantitative estimate of drug-likeness (QED) is 0.204. The molecule has 0 aliphatic carbocycles. The van der Waals surface area contributed by atoms with Crippen LogP contribution in [0, 0.1) is 20.2 Å². The fourth-order valence-corrected chi connectivity index (χ4v) is 0.625. The molecule has 0 saturated carbocycles. The molecule has 0 N–H and O–H groups in total. The summed E-state index contributed by atoms with van der Waals surface area (Å²) in [6.45, 7) is 0. The monoisotopic (exact) mass is 184 g/mol. The molecule has 10 heteroatoms. The van der Waals surface area contributed by atoms with E-state index in [1.165, 1.54) is 0 Å². The van der Waals surface area contributed by atoms with Crippen molar-refractivity contribution in [1.29, 1.82) is 0 Å². The SMILES string of the molecule is [N-]=[N+]=C1C([N+](=O)[O-])=NN=C1[N+](=O)[O-]. The van der Waals surface area contributed by atoms with Gasteiger partial charge in [-0.1, -0.05) is 0 Å². The summed E-state index contributed by atoms with van der Waals surface area (Å²) in [5.41, 5.74) is 7.37. The second-order valence-electron chi connectivity index (χ2n) is 1.81. The molecule has 0 bridgehead atoms. The first-order valence-corrected chi connectivity index (χ1v) is 2.75. The summed E-state index contributed by atoms with van der Waals surface area (Å²) in [4.78, 5) is 20.6. The Labute approximate surface area is 69.1 Å². The number of hydrogen-bond acceptors (Lipinski definition) is 6. The van der Waals surface area contributed by atoms with Crippen molar-refractivity contribution in [3.05, 3.63) is 25.8 Å². The standard InChI is InChI=1S/C3N6O4/c4-5-1-2(8(10)11)6-7-3(1)9(12)13. The largest absolute Gasteiger partial charge is 0.516 e. The van der Waals surface area contributed by atoms with Crippen molar-refractivity contribution in [1.82, 2.24) is 0 Å². The zero-order valence-electron chi connectivity index (χ0n) is 5.82. The molecule has 0 atom stereocenters. The average Bonchev–Trinajstić information content (AvgIpc) is 2.46. The molecule has 0 fully saturated rings. The van der Waals surface area contributed by atoms with Crippen molar-refractivity contribution in [2.45, 2.75) is 0 Å². The zero-order chi connectivity index (χ0) is 10.0. The second-order valence-corrected chi connectivity index (χ2v) is 1.81. The summed E-state index contributed by atoms with van der Waals surface area (Å²) in [6, 6.07) is 0. The molecule has 0 amide bonds. The van der Waals surface area contributed by atoms with Crippen LogP contribution < -0.4 is 0 Å². The van der Waals surface area contributed by atoms with Crippen LogP contribution in [0.25, 0.3) is 5.53 Å². The second kappa shape index (κ2) is 2.87. The van der Waals surface area contributed by atoms with Crippen molar-refractivity contribution >= 4 is 17.4 Å². The predicted molar refractivity (Wildman–Crippen MR) is 37.5 cm³/mol. The smallest absolute Gasteiger partial charge is 0.360 e. The third kappa shape index (κ3) is 1.28. The lowest BCUT2D eigenvalue weighted by molar-refractivity contribution is -0.352. The molecule has 0 aromatic carbocycles. The van der Waals surface area contributed by atoms with Gasteiger partial charge in [-0.3, -0.25) is 0 Å². The van der Waals surface area contributed by atoms with Crippen molar-refractivity contribution in [2.75, 3.05) is 0 Å². The molecule has 10 nitrogen and oxygen atoms in total. The van der Waals surface area contributed by atoms with Crippen LogP contribution >= 0.6 is 0 Å². The highest BCUT2D eigenvalue weighted by molar-refractivity contribution is 6.63. The molecule has 1 heterocycles. The highest BCUT2D eigenvalue weighted by atomic mass is 16.6. The van der Waals surface area contributed by atoms with Gasteiger partial charge in [-0.15, -0.1) is 4.79 Å². The van der Waals surface area contributed by atoms with Crippen LogP contribution in [-0.2, 0) is 0 Å². The number of nitro groups is 2. The van der Waals surface area contributed by atoms with E-state index in [1.54, 1.807) is 0 Å². The summed E-state index contributed by atoms with van der Waals surface area (Å²) in [5.74, 6) is -1.90. The van der Waals surface area contributed by atoms with Crippen molar-refractivity contribution < 1.29 is 14.6 Å². The highest BCUT2D eigenvalue weighted by Gasteiger charge is 2.52. The summed E-state index contributed by atoms with van der Waals surface area (Å²) < 4.78 is 0. The maximum Gasteiger partial charge on any atom is 0.516 e. The number of rotatable bonds is 0. The van der Waals surface area contributed by atoms with Crippen LogP contribution in [0.3, 0.4) is 0 Å². The van der Waals surface area contributed by atoms with Crippen LogP contribution in [0.15, 0.2) is 10.2 Å². The van der Waals surface area contributed by atoms with E-state index in [1.807, 2.05) is 0 Å². The molecule has 1 aliphatic rings. The van der Waals surface area contributed by atoms with Crippen molar-refractivity contribution in [3.63, 3.8) is 0 Å². The van der Waals surface area contributed by atoms with Gasteiger partial charge >= 0.3 is 17.4 Å². The van der Waals surface area contributed by atoms with Crippen LogP contribution in [0.2, 0.25) is 0 Å². The van der Waals surface area contributed by atoms with Gasteiger partial charge in [0, 0.05) is 0 Å². The molecule has 0 aromatic heterocycles. The first kappa shape index (κ1) is 8.62. The van der Waals surface area contributed by atoms with Crippen molar-refractivity contribution in [3.8, 4) is 0 Å². The molecule has 13 heavy (non-hydrogen) atoms. The normalized spacial score (nSPS) is 14.6. The van der Waals surface area contributed by atoms with E-state index in [0.29, 0.717) is 0 Å². The summed E-state index contributed by atoms with van der Waals surface area (Å²) in [6.07, 6.45) is 0. The van der Waals surface area contributed by atoms with Gasteiger partial charge in [0.2, 0.25) is 10.2 Å². The average molecular weight is 184 g/mol. The Kier molecular flexibility index (Phi) is 1.90. The molecule has 66 valence electrons. The Balaban J connectivity index is 3.14. The van der Waals surface area contributed by atoms with Crippen LogP contribution in [0.4, 0.5) is 0 Å². The maximum absolute atomic E-state index is 10.1. The maximum atomic E-state index is 10.1. The van der Waals surface area contributed by atoms with Gasteiger partial charge < -0.3 is 25.8 Å². The Morgan fingerprint density at radius 1 is 1.15 bits per heavy atom. The molecule has 0 radical (unpaired) electrons. The molecular formula is C3N6O4. The van der Waals surface area contributed by atoms with Gasteiger partial charge in [-0.2, -0.15) is 0 Å². The van der Waals surface area contributed by atoms with Gasteiger partial charge in [0.15, 0.2) is 0 Å². The lowest BCUT2D eigenvalue weighted by Crippen LogP contribution is -2.31. The van der Waals surface area contributed by atoms with Crippen LogP contribution in [-0.4, -0.2) is 32.0 Å². The molecule has 1 aliphatic heterocycles. The third-order valence-electron chi connectivity index (χ3n) is 1.11. The molecule has 0 saturated heterocycles. The van der Waals surface area contributed by atoms with E-state index in [4.69, 9.17) is 5.53 Å². The van der Waals surface area contributed by atoms with E-state index in [-0.39, 0.29) is 0 Å². The first-order chi connectivity index (χ1) is 6.07. The molecule has 1 rings (SSSR count). The minimum absolute atomic E-state index is 0.852. The van der Waals surface area contributed by atoms with Gasteiger partial charge in [0.05, 0.1) is 0 Å². The van der Waals surface area contributed by atoms with E-state index < -0.39 is 27.2 Å². The minimum Gasteiger partial charge on any atom is -0.360 e. The third-order valence-corrected chi connectivity index (χ3v) is 1.11. The van der Waals surface area contributed by atoms with Gasteiger partial charge in [-0.25, -0.2) is 0 Å². The molecular weight excluding hydrogens is 184 g/mol. The summed E-state index contributed by atoms with van der Waals surface area (Å²) in [7, 11) is 0. The lowest BCUT2D eigenvalue weighted by atomic mass is 10.3. The van der Waals surface area contributed by atoms with E-state index in [2.05, 4.69) is 15.0 Å². The molecule has 0 aromatic rings.